The van der Waals surface area contributed by atoms with Crippen molar-refractivity contribution in [3.8, 4) is 0 Å². The van der Waals surface area contributed by atoms with Crippen molar-refractivity contribution in [2.75, 3.05) is 18.1 Å². The fourth-order valence-electron chi connectivity index (χ4n) is 3.27. The van der Waals surface area contributed by atoms with Crippen LogP contribution in [0.4, 0.5) is 5.69 Å². The van der Waals surface area contributed by atoms with Gasteiger partial charge in [0, 0.05) is 23.7 Å². The van der Waals surface area contributed by atoms with Gasteiger partial charge < -0.3 is 9.64 Å². The molecule has 154 valence electrons. The minimum absolute atomic E-state index is 0.0414. The Hall–Kier alpha value is -2.49. The summed E-state index contributed by atoms with van der Waals surface area (Å²) in [6.07, 6.45) is 1.01. The first-order valence-corrected chi connectivity index (χ1v) is 10.8. The summed E-state index contributed by atoms with van der Waals surface area (Å²) in [5.41, 5.74) is 0.301. The number of benzene rings is 1. The predicted molar refractivity (Wildman–Crippen MR) is 102 cm³/mol. The molecule has 1 aliphatic heterocycles. The van der Waals surface area contributed by atoms with Crippen LogP contribution in [0.3, 0.4) is 0 Å². The first kappa shape index (κ1) is 21.8. The molecule has 2 rings (SSSR count). The maximum atomic E-state index is 12.7. The molecular weight excluding hydrogens is 388 g/mol. The molecule has 1 saturated heterocycles. The van der Waals surface area contributed by atoms with Crippen LogP contribution in [0.1, 0.15) is 42.6 Å². The van der Waals surface area contributed by atoms with E-state index in [9.17, 15) is 28.1 Å². The second kappa shape index (κ2) is 8.68. The number of aryl methyl sites for hydroxylation is 1. The van der Waals surface area contributed by atoms with Gasteiger partial charge in [-0.1, -0.05) is 6.92 Å². The van der Waals surface area contributed by atoms with Crippen LogP contribution in [-0.2, 0) is 19.4 Å². The normalized spacial score (nSPS) is 19.0. The van der Waals surface area contributed by atoms with Gasteiger partial charge in [-0.05, 0) is 38.8 Å². The van der Waals surface area contributed by atoms with Crippen molar-refractivity contribution in [3.05, 3.63) is 39.4 Å². The minimum atomic E-state index is -3.16. The van der Waals surface area contributed by atoms with E-state index in [-0.39, 0.29) is 28.8 Å². The van der Waals surface area contributed by atoms with Crippen LogP contribution in [0.2, 0.25) is 0 Å². The first-order chi connectivity index (χ1) is 13.1. The van der Waals surface area contributed by atoms with Crippen molar-refractivity contribution in [2.24, 2.45) is 0 Å². The highest BCUT2D eigenvalue weighted by Crippen LogP contribution is 2.22. The number of nitro benzene ring substituents is 1. The molecule has 0 aliphatic carbocycles. The molecule has 0 bridgehead atoms. The molecule has 1 amide bonds. The monoisotopic (exact) mass is 412 g/mol. The van der Waals surface area contributed by atoms with E-state index < -0.39 is 39.3 Å². The number of nitro groups is 1. The van der Waals surface area contributed by atoms with E-state index in [4.69, 9.17) is 4.74 Å². The van der Waals surface area contributed by atoms with Crippen LogP contribution in [-0.4, -0.2) is 60.3 Å². The van der Waals surface area contributed by atoms with Crippen LogP contribution in [0.25, 0.3) is 0 Å². The number of amides is 1. The molecule has 1 fully saturated rings. The highest BCUT2D eigenvalue weighted by molar-refractivity contribution is 7.91. The summed E-state index contributed by atoms with van der Waals surface area (Å²) in [6, 6.07) is 3.20. The number of hydrogen-bond donors (Lipinski definition) is 0. The Balaban J connectivity index is 2.06. The zero-order valence-corrected chi connectivity index (χ0v) is 16.9. The lowest BCUT2D eigenvalue weighted by Crippen LogP contribution is -2.48. The van der Waals surface area contributed by atoms with Gasteiger partial charge in [0.2, 0.25) is 0 Å². The number of rotatable bonds is 7. The smallest absolute Gasteiger partial charge is 0.338 e. The van der Waals surface area contributed by atoms with Crippen molar-refractivity contribution in [3.63, 3.8) is 0 Å². The average molecular weight is 412 g/mol. The van der Waals surface area contributed by atoms with Crippen molar-refractivity contribution >= 4 is 27.4 Å². The van der Waals surface area contributed by atoms with E-state index in [2.05, 4.69) is 0 Å². The number of hydrogen-bond acceptors (Lipinski definition) is 7. The Morgan fingerprint density at radius 2 is 2.07 bits per heavy atom. The van der Waals surface area contributed by atoms with Gasteiger partial charge in [0.1, 0.15) is 0 Å². The van der Waals surface area contributed by atoms with Crippen LogP contribution < -0.4 is 0 Å². The molecule has 1 aliphatic rings. The summed E-state index contributed by atoms with van der Waals surface area (Å²) in [5, 5.41) is 10.9. The second-order valence-corrected chi connectivity index (χ2v) is 9.18. The van der Waals surface area contributed by atoms with Crippen molar-refractivity contribution in [1.82, 2.24) is 4.90 Å². The Morgan fingerprint density at radius 1 is 1.39 bits per heavy atom. The number of sulfone groups is 1. The van der Waals surface area contributed by atoms with Gasteiger partial charge in [0.25, 0.3) is 11.6 Å². The van der Waals surface area contributed by atoms with E-state index in [1.54, 1.807) is 0 Å². The van der Waals surface area contributed by atoms with E-state index >= 15 is 0 Å². The van der Waals surface area contributed by atoms with Gasteiger partial charge in [0.05, 0.1) is 22.0 Å². The van der Waals surface area contributed by atoms with E-state index in [1.807, 2.05) is 13.8 Å². The molecule has 1 aromatic carbocycles. The van der Waals surface area contributed by atoms with Gasteiger partial charge in [-0.3, -0.25) is 14.9 Å². The summed E-state index contributed by atoms with van der Waals surface area (Å²) < 4.78 is 28.6. The largest absolute Gasteiger partial charge is 0.452 e. The minimum Gasteiger partial charge on any atom is -0.452 e. The fourth-order valence-corrected chi connectivity index (χ4v) is 4.98. The van der Waals surface area contributed by atoms with Gasteiger partial charge >= 0.3 is 5.97 Å². The quantitative estimate of drug-likeness (QED) is 0.380. The van der Waals surface area contributed by atoms with Crippen LogP contribution >= 0.6 is 0 Å². The summed E-state index contributed by atoms with van der Waals surface area (Å²) in [5.74, 6) is -1.27. The third-order valence-electron chi connectivity index (χ3n) is 4.91. The number of nitrogens with zero attached hydrogens (tertiary/aromatic N) is 2. The molecule has 0 unspecified atom stereocenters. The summed E-state index contributed by atoms with van der Waals surface area (Å²) in [7, 11) is -3.16. The lowest BCUT2D eigenvalue weighted by Gasteiger charge is -2.33. The number of carbonyl (C=O) groups is 2. The Bertz CT molecular complexity index is 882. The van der Waals surface area contributed by atoms with Crippen LogP contribution in [0.5, 0.6) is 0 Å². The molecule has 2 atom stereocenters. The van der Waals surface area contributed by atoms with E-state index in [0.717, 1.165) is 0 Å². The molecule has 1 heterocycles. The van der Waals surface area contributed by atoms with Crippen molar-refractivity contribution in [2.45, 2.75) is 45.7 Å². The van der Waals surface area contributed by atoms with E-state index in [1.165, 1.54) is 30.0 Å². The Morgan fingerprint density at radius 3 is 2.57 bits per heavy atom. The lowest BCUT2D eigenvalue weighted by atomic mass is 10.1. The Kier molecular flexibility index (Phi) is 6.76. The molecule has 9 nitrogen and oxygen atoms in total. The molecule has 0 aromatic heterocycles. The molecule has 0 radical (unpaired) electrons. The fraction of sp³-hybridized carbons (Fsp3) is 0.556. The highest BCUT2D eigenvalue weighted by Gasteiger charge is 2.36. The average Bonchev–Trinajstić information content (AvgIpc) is 2.98. The lowest BCUT2D eigenvalue weighted by molar-refractivity contribution is -0.385. The molecule has 28 heavy (non-hydrogen) atoms. The van der Waals surface area contributed by atoms with Crippen molar-refractivity contribution in [1.29, 1.82) is 0 Å². The maximum Gasteiger partial charge on any atom is 0.338 e. The SMILES string of the molecule is CC[C@H](C)N(C(=O)COC(=O)c1ccc([N+](=O)[O-])c(C)c1)[C@H]1CCS(=O)(=O)C1. The number of ether oxygens (including phenoxy) is 1. The molecule has 0 saturated carbocycles. The molecular formula is C18H24N2O7S. The molecule has 0 N–H and O–H groups in total. The zero-order chi connectivity index (χ0) is 21.1. The van der Waals surface area contributed by atoms with E-state index in [0.29, 0.717) is 18.4 Å². The number of esters is 1. The first-order valence-electron chi connectivity index (χ1n) is 8.99. The summed E-state index contributed by atoms with van der Waals surface area (Å²) >= 11 is 0. The zero-order valence-electron chi connectivity index (χ0n) is 16.1. The third-order valence-corrected chi connectivity index (χ3v) is 6.66. The second-order valence-electron chi connectivity index (χ2n) is 6.95. The molecule has 1 aromatic rings. The van der Waals surface area contributed by atoms with Gasteiger partial charge in [-0.25, -0.2) is 13.2 Å². The van der Waals surface area contributed by atoms with Crippen LogP contribution in [0.15, 0.2) is 18.2 Å². The Labute approximate surface area is 163 Å². The van der Waals surface area contributed by atoms with Gasteiger partial charge in [-0.2, -0.15) is 0 Å². The topological polar surface area (TPSA) is 124 Å². The highest BCUT2D eigenvalue weighted by atomic mass is 32.2. The van der Waals surface area contributed by atoms with Crippen molar-refractivity contribution < 1.29 is 27.7 Å². The molecule has 0 spiro atoms. The standard InChI is InChI=1S/C18H24N2O7S/c1-4-13(3)19(15-7-8-28(25,26)11-15)17(21)10-27-18(22)14-5-6-16(20(23)24)12(2)9-14/h5-6,9,13,15H,4,7-8,10-11H2,1-3H3/t13-,15-/m0/s1. The summed E-state index contributed by atoms with van der Waals surface area (Å²) in [6.45, 7) is 4.70. The maximum absolute atomic E-state index is 12.7. The third kappa shape index (κ3) is 5.06. The molecule has 10 heteroatoms. The van der Waals surface area contributed by atoms with Gasteiger partial charge in [0.15, 0.2) is 16.4 Å². The summed E-state index contributed by atoms with van der Waals surface area (Å²) in [4.78, 5) is 36.7. The predicted octanol–water partition coefficient (Wildman–Crippen LogP) is 1.87. The number of carbonyl (C=O) groups excluding carboxylic acids is 2. The van der Waals surface area contributed by atoms with Crippen LogP contribution in [0, 0.1) is 17.0 Å². The van der Waals surface area contributed by atoms with Gasteiger partial charge in [-0.15, -0.1) is 0 Å².